The summed E-state index contributed by atoms with van der Waals surface area (Å²) in [4.78, 5) is 29.1. The fourth-order valence-corrected chi connectivity index (χ4v) is 3.36. The van der Waals surface area contributed by atoms with Crippen molar-refractivity contribution in [2.75, 3.05) is 22.5 Å². The normalized spacial score (nSPS) is 11.0. The van der Waals surface area contributed by atoms with Gasteiger partial charge in [0.05, 0.1) is 0 Å². The molecule has 1 aromatic heterocycles. The number of nitrogens with one attached hydrogen (secondary N) is 2. The first-order valence-electron chi connectivity index (χ1n) is 9.94. The Labute approximate surface area is 176 Å². The van der Waals surface area contributed by atoms with Gasteiger partial charge in [-0.05, 0) is 55.6 Å². The van der Waals surface area contributed by atoms with Crippen molar-refractivity contribution < 1.29 is 0 Å². The van der Waals surface area contributed by atoms with Gasteiger partial charge in [0.1, 0.15) is 5.82 Å². The number of nitrogens with zero attached hydrogens (tertiary/aromatic N) is 2. The molecule has 0 atom stereocenters. The molecule has 0 radical (unpaired) electrons. The van der Waals surface area contributed by atoms with Crippen LogP contribution in [0.4, 0.5) is 17.2 Å². The number of nitrogen functional groups attached to an aromatic ring is 1. The summed E-state index contributed by atoms with van der Waals surface area (Å²) in [5.41, 5.74) is 8.56. The van der Waals surface area contributed by atoms with Gasteiger partial charge >= 0.3 is 5.69 Å². The number of aromatic amines is 1. The Morgan fingerprint density at radius 1 is 1.31 bits per heavy atom. The molecule has 0 unspecified atom stereocenters. The maximum absolute atomic E-state index is 12.7. The van der Waals surface area contributed by atoms with Crippen LogP contribution in [0.25, 0.3) is 0 Å². The number of benzene rings is 1. The monoisotopic (exact) mass is 417 g/mol. The first kappa shape index (κ1) is 22.7. The average molecular weight is 418 g/mol. The van der Waals surface area contributed by atoms with Crippen LogP contribution in [-0.2, 0) is 6.54 Å². The van der Waals surface area contributed by atoms with Gasteiger partial charge in [-0.15, -0.1) is 0 Å². The second-order valence-corrected chi connectivity index (χ2v) is 8.07. The quantitative estimate of drug-likeness (QED) is 0.598. The maximum Gasteiger partial charge on any atom is 0.330 e. The van der Waals surface area contributed by atoms with Gasteiger partial charge in [-0.3, -0.25) is 14.3 Å². The van der Waals surface area contributed by atoms with E-state index in [0.717, 1.165) is 29.7 Å². The second-order valence-electron chi connectivity index (χ2n) is 7.68. The molecule has 0 aliphatic rings. The van der Waals surface area contributed by atoms with Crippen LogP contribution >= 0.6 is 12.2 Å². The molecule has 0 saturated heterocycles. The molecule has 4 N–H and O–H groups in total. The van der Waals surface area contributed by atoms with Crippen LogP contribution in [0.5, 0.6) is 0 Å². The molecule has 2 rings (SSSR count). The van der Waals surface area contributed by atoms with Gasteiger partial charge in [0.25, 0.3) is 5.56 Å². The molecule has 0 bridgehead atoms. The van der Waals surface area contributed by atoms with E-state index in [4.69, 9.17) is 18.0 Å². The van der Waals surface area contributed by atoms with Crippen molar-refractivity contribution in [3.8, 4) is 0 Å². The van der Waals surface area contributed by atoms with Crippen molar-refractivity contribution >= 4 is 34.5 Å². The zero-order valence-electron chi connectivity index (χ0n) is 17.8. The largest absolute Gasteiger partial charge is 0.383 e. The van der Waals surface area contributed by atoms with Gasteiger partial charge in [0.2, 0.25) is 0 Å². The molecule has 8 heteroatoms. The lowest BCUT2D eigenvalue weighted by molar-refractivity contribution is 0.601. The Balaban J connectivity index is 2.52. The number of aromatic nitrogens is 2. The highest BCUT2D eigenvalue weighted by Gasteiger charge is 2.23. The molecule has 1 heterocycles. The lowest BCUT2D eigenvalue weighted by Gasteiger charge is -2.29. The molecule has 0 saturated carbocycles. The Morgan fingerprint density at radius 3 is 2.62 bits per heavy atom. The molecule has 158 valence electrons. The molecule has 2 aromatic rings. The summed E-state index contributed by atoms with van der Waals surface area (Å²) in [6.07, 6.45) is 1.69. The van der Waals surface area contributed by atoms with E-state index in [9.17, 15) is 9.59 Å². The zero-order valence-corrected chi connectivity index (χ0v) is 18.7. The summed E-state index contributed by atoms with van der Waals surface area (Å²) in [7, 11) is 0. The minimum atomic E-state index is -0.536. The van der Waals surface area contributed by atoms with Crippen LogP contribution in [0.3, 0.4) is 0 Å². The van der Waals surface area contributed by atoms with E-state index in [1.165, 1.54) is 4.57 Å². The number of hydrogen-bond donors (Lipinski definition) is 3. The highest BCUT2D eigenvalue weighted by atomic mass is 32.1. The Bertz CT molecular complexity index is 994. The number of H-pyrrole nitrogens is 1. The van der Waals surface area contributed by atoms with Crippen LogP contribution in [0.15, 0.2) is 27.8 Å². The predicted molar refractivity (Wildman–Crippen MR) is 125 cm³/mol. The fourth-order valence-electron chi connectivity index (χ4n) is 3.09. The van der Waals surface area contributed by atoms with E-state index >= 15 is 0 Å². The first-order valence-corrected chi connectivity index (χ1v) is 10.4. The third kappa shape index (κ3) is 5.26. The lowest BCUT2D eigenvalue weighted by atomic mass is 10.1. The Morgan fingerprint density at radius 2 is 2.00 bits per heavy atom. The standard InChI is InChI=1S/C21H31N5O2S/c1-6-7-11-25-18(22)17(19(27)24-20(25)28)26(12-13(2)3)21(29)23-16-10-8-9-14(4)15(16)5/h8-10,13H,6-7,11-12,22H2,1-5H3,(H,23,29)(H,24,27,28). The minimum absolute atomic E-state index is 0.137. The number of nitrogens with two attached hydrogens (primary N) is 1. The number of rotatable bonds is 7. The molecule has 0 aliphatic heterocycles. The minimum Gasteiger partial charge on any atom is -0.383 e. The second kappa shape index (κ2) is 9.73. The average Bonchev–Trinajstić information content (AvgIpc) is 2.64. The summed E-state index contributed by atoms with van der Waals surface area (Å²) in [6, 6.07) is 5.92. The molecule has 29 heavy (non-hydrogen) atoms. The van der Waals surface area contributed by atoms with E-state index in [-0.39, 0.29) is 17.4 Å². The summed E-state index contributed by atoms with van der Waals surface area (Å²) < 4.78 is 1.41. The number of thiocarbonyl (C=S) groups is 1. The SMILES string of the molecule is CCCCn1c(N)c(N(CC(C)C)C(=S)Nc2cccc(C)c2C)c(=O)[nH]c1=O. The van der Waals surface area contributed by atoms with Crippen LogP contribution in [0.1, 0.15) is 44.7 Å². The molecule has 0 aliphatic carbocycles. The predicted octanol–water partition coefficient (Wildman–Crippen LogP) is 3.40. The van der Waals surface area contributed by atoms with Crippen molar-refractivity contribution in [3.63, 3.8) is 0 Å². The number of aryl methyl sites for hydroxylation is 1. The van der Waals surface area contributed by atoms with Crippen molar-refractivity contribution in [1.82, 2.24) is 9.55 Å². The van der Waals surface area contributed by atoms with E-state index in [2.05, 4.69) is 10.3 Å². The van der Waals surface area contributed by atoms with Crippen LogP contribution in [0.2, 0.25) is 0 Å². The van der Waals surface area contributed by atoms with E-state index in [1.54, 1.807) is 4.90 Å². The van der Waals surface area contributed by atoms with Crippen LogP contribution in [0, 0.1) is 19.8 Å². The molecule has 7 nitrogen and oxygen atoms in total. The van der Waals surface area contributed by atoms with Crippen molar-refractivity contribution in [1.29, 1.82) is 0 Å². The number of unbranched alkanes of at least 4 members (excludes halogenated alkanes) is 1. The molecule has 0 fully saturated rings. The lowest BCUT2D eigenvalue weighted by Crippen LogP contribution is -2.44. The summed E-state index contributed by atoms with van der Waals surface area (Å²) in [5, 5.41) is 3.61. The Kier molecular flexibility index (Phi) is 7.61. The molecule has 0 amide bonds. The smallest absolute Gasteiger partial charge is 0.330 e. The highest BCUT2D eigenvalue weighted by Crippen LogP contribution is 2.23. The van der Waals surface area contributed by atoms with Crippen LogP contribution < -0.4 is 27.2 Å². The molecule has 0 spiro atoms. The van der Waals surface area contributed by atoms with Crippen molar-refractivity contribution in [2.45, 2.75) is 54.0 Å². The number of anilines is 3. The first-order chi connectivity index (χ1) is 13.7. The van der Waals surface area contributed by atoms with Gasteiger partial charge in [-0.25, -0.2) is 4.79 Å². The fraction of sp³-hybridized carbons (Fsp3) is 0.476. The highest BCUT2D eigenvalue weighted by molar-refractivity contribution is 7.80. The van der Waals surface area contributed by atoms with Gasteiger partial charge < -0.3 is 16.0 Å². The summed E-state index contributed by atoms with van der Waals surface area (Å²) in [6.45, 7) is 11.1. The molecular weight excluding hydrogens is 386 g/mol. The summed E-state index contributed by atoms with van der Waals surface area (Å²) in [5.74, 6) is 0.348. The van der Waals surface area contributed by atoms with Gasteiger partial charge in [-0.2, -0.15) is 0 Å². The Hall–Kier alpha value is -2.61. The summed E-state index contributed by atoms with van der Waals surface area (Å²) >= 11 is 5.66. The number of hydrogen-bond acceptors (Lipinski definition) is 4. The topological polar surface area (TPSA) is 96.2 Å². The molecular formula is C21H31N5O2S. The maximum atomic E-state index is 12.7. The van der Waals surface area contributed by atoms with Crippen molar-refractivity contribution in [3.05, 3.63) is 50.2 Å². The zero-order chi connectivity index (χ0) is 21.7. The van der Waals surface area contributed by atoms with Gasteiger partial charge in [0.15, 0.2) is 10.8 Å². The third-order valence-corrected chi connectivity index (χ3v) is 5.18. The molecule has 1 aromatic carbocycles. The van der Waals surface area contributed by atoms with Crippen LogP contribution in [-0.4, -0.2) is 21.2 Å². The van der Waals surface area contributed by atoms with Crippen molar-refractivity contribution in [2.24, 2.45) is 5.92 Å². The van der Waals surface area contributed by atoms with Gasteiger partial charge in [-0.1, -0.05) is 39.3 Å². The van der Waals surface area contributed by atoms with E-state index < -0.39 is 11.2 Å². The van der Waals surface area contributed by atoms with Gasteiger partial charge in [0, 0.05) is 18.8 Å². The van der Waals surface area contributed by atoms with E-state index in [1.807, 2.05) is 52.8 Å². The van der Waals surface area contributed by atoms with E-state index in [0.29, 0.717) is 18.2 Å². The third-order valence-electron chi connectivity index (χ3n) is 4.86.